The molecule has 27 heavy (non-hydrogen) atoms. The zero-order valence-corrected chi connectivity index (χ0v) is 16.9. The van der Waals surface area contributed by atoms with Crippen LogP contribution in [-0.4, -0.2) is 28.8 Å². The van der Waals surface area contributed by atoms with Crippen LogP contribution < -0.4 is 0 Å². The average Bonchev–Trinajstić information content (AvgIpc) is 2.97. The Kier molecular flexibility index (Phi) is 4.99. The third kappa shape index (κ3) is 3.19. The molecule has 3 fully saturated rings. The smallest absolute Gasteiger partial charge is 0.270 e. The van der Waals surface area contributed by atoms with E-state index < -0.39 is 12.5 Å². The second kappa shape index (κ2) is 6.79. The van der Waals surface area contributed by atoms with E-state index in [1.165, 1.54) is 18.4 Å². The Bertz CT molecular complexity index is 603. The highest BCUT2D eigenvalue weighted by Crippen LogP contribution is 2.66. The van der Waals surface area contributed by atoms with Crippen LogP contribution in [0, 0.1) is 34.5 Å². The first-order valence-electron chi connectivity index (χ1n) is 11.1. The summed E-state index contributed by atoms with van der Waals surface area (Å²) in [4.78, 5) is 0. The fraction of sp³-hybridized carbons (Fsp3) is 0.913. The molecule has 2 nitrogen and oxygen atoms in total. The van der Waals surface area contributed by atoms with Gasteiger partial charge in [-0.1, -0.05) is 25.5 Å². The van der Waals surface area contributed by atoms with E-state index in [-0.39, 0.29) is 23.4 Å². The Morgan fingerprint density at radius 3 is 2.63 bits per heavy atom. The van der Waals surface area contributed by atoms with Crippen molar-refractivity contribution < 1.29 is 19.0 Å². The first kappa shape index (κ1) is 19.8. The van der Waals surface area contributed by atoms with Gasteiger partial charge in [0, 0.05) is 6.42 Å². The molecule has 0 saturated heterocycles. The van der Waals surface area contributed by atoms with E-state index in [1.807, 2.05) is 0 Å². The Labute approximate surface area is 162 Å². The number of allylic oxidation sites excluding steroid dienone is 1. The highest BCUT2D eigenvalue weighted by Gasteiger charge is 2.58. The molecule has 4 aliphatic rings. The predicted octanol–water partition coefficient (Wildman–Crippen LogP) is 5.33. The van der Waals surface area contributed by atoms with Crippen molar-refractivity contribution in [2.24, 2.45) is 34.5 Å². The van der Waals surface area contributed by atoms with Gasteiger partial charge in [-0.15, -0.1) is 0 Å². The molecule has 0 amide bonds. The summed E-state index contributed by atoms with van der Waals surface area (Å²) in [6, 6.07) is 0. The van der Waals surface area contributed by atoms with Gasteiger partial charge in [-0.3, -0.25) is 0 Å². The summed E-state index contributed by atoms with van der Waals surface area (Å²) in [5.74, 6) is -0.542. The second-order valence-corrected chi connectivity index (χ2v) is 10.5. The molecule has 7 atom stereocenters. The quantitative estimate of drug-likeness (QED) is 0.645. The first-order chi connectivity index (χ1) is 12.7. The van der Waals surface area contributed by atoms with Crippen LogP contribution in [0.15, 0.2) is 11.6 Å². The molecule has 4 aliphatic carbocycles. The van der Waals surface area contributed by atoms with Crippen LogP contribution in [0.4, 0.5) is 8.78 Å². The summed E-state index contributed by atoms with van der Waals surface area (Å²) in [6.45, 7) is 3.77. The number of hydrogen-bond acceptors (Lipinski definition) is 2. The van der Waals surface area contributed by atoms with Crippen molar-refractivity contribution in [2.45, 2.75) is 90.1 Å². The maximum Gasteiger partial charge on any atom is 0.270 e. The van der Waals surface area contributed by atoms with E-state index in [0.717, 1.165) is 38.5 Å². The maximum absolute atomic E-state index is 13.6. The van der Waals surface area contributed by atoms with Crippen LogP contribution in [0.5, 0.6) is 0 Å². The van der Waals surface area contributed by atoms with Gasteiger partial charge in [-0.2, -0.15) is 0 Å². The van der Waals surface area contributed by atoms with Crippen LogP contribution in [0.3, 0.4) is 0 Å². The molecule has 4 heteroatoms. The molecule has 154 valence electrons. The normalized spacial score (nSPS) is 47.0. The number of aliphatic hydroxyl groups is 2. The lowest BCUT2D eigenvalue weighted by Crippen LogP contribution is -2.50. The van der Waals surface area contributed by atoms with Crippen molar-refractivity contribution in [1.82, 2.24) is 0 Å². The van der Waals surface area contributed by atoms with E-state index in [2.05, 4.69) is 19.9 Å². The van der Waals surface area contributed by atoms with Gasteiger partial charge in [-0.05, 0) is 92.3 Å². The molecule has 0 aromatic heterocycles. The van der Waals surface area contributed by atoms with Crippen molar-refractivity contribution >= 4 is 0 Å². The van der Waals surface area contributed by atoms with E-state index >= 15 is 0 Å². The Morgan fingerprint density at radius 2 is 1.89 bits per heavy atom. The topological polar surface area (TPSA) is 40.5 Å². The van der Waals surface area contributed by atoms with Crippen molar-refractivity contribution in [3.8, 4) is 0 Å². The van der Waals surface area contributed by atoms with E-state index in [9.17, 15) is 13.9 Å². The van der Waals surface area contributed by atoms with Crippen LogP contribution in [0.2, 0.25) is 0 Å². The van der Waals surface area contributed by atoms with Gasteiger partial charge in [-0.25, -0.2) is 8.78 Å². The zero-order chi connectivity index (χ0) is 19.4. The van der Waals surface area contributed by atoms with Crippen LogP contribution in [0.1, 0.15) is 78.1 Å². The maximum atomic E-state index is 13.6. The van der Waals surface area contributed by atoms with Crippen molar-refractivity contribution in [1.29, 1.82) is 0 Å². The fourth-order valence-corrected chi connectivity index (χ4v) is 7.69. The van der Waals surface area contributed by atoms with E-state index in [1.54, 1.807) is 0 Å². The number of alkyl halides is 2. The van der Waals surface area contributed by atoms with Gasteiger partial charge < -0.3 is 10.2 Å². The summed E-state index contributed by atoms with van der Waals surface area (Å²) < 4.78 is 27.2. The summed E-state index contributed by atoms with van der Waals surface area (Å²) in [5.41, 5.74) is 1.91. The van der Waals surface area contributed by atoms with Gasteiger partial charge in [0.25, 0.3) is 5.92 Å². The lowest BCUT2D eigenvalue weighted by atomic mass is 9.47. The Balaban J connectivity index is 1.52. The molecular weight excluding hydrogens is 346 g/mol. The highest BCUT2D eigenvalue weighted by atomic mass is 19.3. The number of halogens is 2. The number of hydrogen-bond donors (Lipinski definition) is 2. The highest BCUT2D eigenvalue weighted by molar-refractivity contribution is 5.25. The van der Waals surface area contributed by atoms with E-state index in [4.69, 9.17) is 5.11 Å². The molecule has 0 aromatic carbocycles. The van der Waals surface area contributed by atoms with Gasteiger partial charge in [0.05, 0.1) is 6.10 Å². The summed E-state index contributed by atoms with van der Waals surface area (Å²) in [6.07, 6.45) is 11.2. The Hall–Kier alpha value is -0.480. The first-order valence-corrected chi connectivity index (χ1v) is 11.1. The van der Waals surface area contributed by atoms with Crippen LogP contribution in [-0.2, 0) is 0 Å². The second-order valence-electron chi connectivity index (χ2n) is 10.5. The lowest BCUT2D eigenvalue weighted by Gasteiger charge is -2.58. The number of aliphatic hydroxyl groups excluding tert-OH is 2. The van der Waals surface area contributed by atoms with Gasteiger partial charge in [0.15, 0.2) is 0 Å². The molecule has 0 aromatic rings. The summed E-state index contributed by atoms with van der Waals surface area (Å²) in [5, 5.41) is 19.0. The average molecular weight is 383 g/mol. The third-order valence-electron chi connectivity index (χ3n) is 9.36. The molecule has 4 rings (SSSR count). The standard InChI is InChI=1S/C23H36F2O2/c1-21-11-9-20-18(5-3-16-13-17(27)8-10-22(16,20)2)19(21)6-4-15(21)7-12-23(24,25)14-26/h3,15,17-20,26-27H,4-14H2,1-2H3/t15-,17+,18+,19+,20+,21-,22+/m1/s1. The third-order valence-corrected chi connectivity index (χ3v) is 9.36. The van der Waals surface area contributed by atoms with Gasteiger partial charge in [0.1, 0.15) is 6.61 Å². The Morgan fingerprint density at radius 1 is 1.11 bits per heavy atom. The van der Waals surface area contributed by atoms with Crippen molar-refractivity contribution in [3.63, 3.8) is 0 Å². The van der Waals surface area contributed by atoms with Gasteiger partial charge >= 0.3 is 0 Å². The lowest BCUT2D eigenvalue weighted by molar-refractivity contribution is -0.0745. The predicted molar refractivity (Wildman–Crippen MR) is 102 cm³/mol. The SMILES string of the molecule is C[C@]12CC[C@H]3[C@@H](CC=C4C[C@@H](O)CC[C@@]43C)[C@@H]1CC[C@@H]2CCC(F)(F)CO. The summed E-state index contributed by atoms with van der Waals surface area (Å²) >= 11 is 0. The molecule has 3 saturated carbocycles. The number of rotatable bonds is 4. The summed E-state index contributed by atoms with van der Waals surface area (Å²) in [7, 11) is 0. The molecule has 0 bridgehead atoms. The molecule has 0 aliphatic heterocycles. The van der Waals surface area contributed by atoms with Crippen molar-refractivity contribution in [2.75, 3.05) is 6.61 Å². The molecule has 0 spiro atoms. The fourth-order valence-electron chi connectivity index (χ4n) is 7.69. The molecule has 0 unspecified atom stereocenters. The zero-order valence-electron chi connectivity index (χ0n) is 16.9. The van der Waals surface area contributed by atoms with Gasteiger partial charge in [0.2, 0.25) is 0 Å². The largest absolute Gasteiger partial charge is 0.393 e. The minimum absolute atomic E-state index is 0.168. The minimum Gasteiger partial charge on any atom is -0.393 e. The minimum atomic E-state index is -2.93. The molecular formula is C23H36F2O2. The van der Waals surface area contributed by atoms with Crippen molar-refractivity contribution in [3.05, 3.63) is 11.6 Å². The molecule has 0 radical (unpaired) electrons. The molecule has 0 heterocycles. The van der Waals surface area contributed by atoms with Crippen LogP contribution in [0.25, 0.3) is 0 Å². The monoisotopic (exact) mass is 382 g/mol. The van der Waals surface area contributed by atoms with Crippen LogP contribution >= 0.6 is 0 Å². The number of fused-ring (bicyclic) bond motifs is 5. The molecule has 2 N–H and O–H groups in total. The van der Waals surface area contributed by atoms with E-state index in [0.29, 0.717) is 30.1 Å².